The molecule has 2 rings (SSSR count). The maximum Gasteiger partial charge on any atom is 0.317 e. The van der Waals surface area contributed by atoms with E-state index >= 15 is 0 Å². The summed E-state index contributed by atoms with van der Waals surface area (Å²) in [7, 11) is 0. The molecule has 1 saturated heterocycles. The lowest BCUT2D eigenvalue weighted by atomic mass is 10.1. The fraction of sp³-hybridized carbons (Fsp3) is 0.615. The molecule has 1 N–H and O–H groups in total. The van der Waals surface area contributed by atoms with Crippen molar-refractivity contribution in [3.05, 3.63) is 21.3 Å². The standard InChI is InChI=1S/C13H19ClN2O2S/c1-2-16(8-10-5-6-18-9-10)13(17)15-7-11-3-4-12(14)19-11/h3-4,10H,2,5-9H2,1H3,(H,15,17). The molecule has 4 nitrogen and oxygen atoms in total. The van der Waals surface area contributed by atoms with Crippen LogP contribution in [0.15, 0.2) is 12.1 Å². The molecule has 19 heavy (non-hydrogen) atoms. The van der Waals surface area contributed by atoms with E-state index in [2.05, 4.69) is 5.32 Å². The summed E-state index contributed by atoms with van der Waals surface area (Å²) in [5, 5.41) is 2.94. The second-order valence-corrected chi connectivity index (χ2v) is 6.43. The summed E-state index contributed by atoms with van der Waals surface area (Å²) in [6.45, 7) is 5.61. The molecule has 0 bridgehead atoms. The molecule has 1 aromatic rings. The number of nitrogens with zero attached hydrogens (tertiary/aromatic N) is 1. The molecule has 1 aromatic heterocycles. The fourth-order valence-corrected chi connectivity index (χ4v) is 3.14. The summed E-state index contributed by atoms with van der Waals surface area (Å²) in [6, 6.07) is 3.77. The Hall–Kier alpha value is -0.780. The maximum atomic E-state index is 12.1. The predicted molar refractivity (Wildman–Crippen MR) is 77.7 cm³/mol. The highest BCUT2D eigenvalue weighted by Crippen LogP contribution is 2.21. The summed E-state index contributed by atoms with van der Waals surface area (Å²) in [5.74, 6) is 0.474. The van der Waals surface area contributed by atoms with Crippen molar-refractivity contribution in [2.45, 2.75) is 19.9 Å². The summed E-state index contributed by atoms with van der Waals surface area (Å²) in [5.41, 5.74) is 0. The van der Waals surface area contributed by atoms with E-state index in [1.807, 2.05) is 24.0 Å². The average Bonchev–Trinajstić information content (AvgIpc) is 3.04. The van der Waals surface area contributed by atoms with Gasteiger partial charge in [0.1, 0.15) is 0 Å². The fourth-order valence-electron chi connectivity index (χ4n) is 2.12. The van der Waals surface area contributed by atoms with Crippen LogP contribution < -0.4 is 5.32 Å². The molecule has 2 heterocycles. The van der Waals surface area contributed by atoms with Crippen LogP contribution in [0.2, 0.25) is 4.34 Å². The van der Waals surface area contributed by atoms with Crippen molar-refractivity contribution in [1.82, 2.24) is 10.2 Å². The van der Waals surface area contributed by atoms with Crippen molar-refractivity contribution < 1.29 is 9.53 Å². The first kappa shape index (κ1) is 14.6. The van der Waals surface area contributed by atoms with Crippen LogP contribution in [0.25, 0.3) is 0 Å². The predicted octanol–water partition coefficient (Wildman–Crippen LogP) is 2.97. The lowest BCUT2D eigenvalue weighted by Crippen LogP contribution is -2.42. The minimum atomic E-state index is -0.0149. The Morgan fingerprint density at radius 3 is 3.05 bits per heavy atom. The first-order valence-electron chi connectivity index (χ1n) is 6.53. The third-order valence-electron chi connectivity index (χ3n) is 3.21. The molecule has 1 atom stereocenters. The molecule has 0 spiro atoms. The van der Waals surface area contributed by atoms with Crippen LogP contribution in [0.5, 0.6) is 0 Å². The highest BCUT2D eigenvalue weighted by Gasteiger charge is 2.21. The number of thiophene rings is 1. The van der Waals surface area contributed by atoms with Gasteiger partial charge in [-0.2, -0.15) is 0 Å². The largest absolute Gasteiger partial charge is 0.381 e. The molecule has 2 amide bonds. The molecule has 106 valence electrons. The van der Waals surface area contributed by atoms with Crippen molar-refractivity contribution in [1.29, 1.82) is 0 Å². The van der Waals surface area contributed by atoms with E-state index in [9.17, 15) is 4.79 Å². The Balaban J connectivity index is 1.79. The minimum absolute atomic E-state index is 0.0149. The topological polar surface area (TPSA) is 41.6 Å². The van der Waals surface area contributed by atoms with Gasteiger partial charge in [0.05, 0.1) is 17.5 Å². The number of carbonyl (C=O) groups excluding carboxylic acids is 1. The van der Waals surface area contributed by atoms with Crippen LogP contribution in [-0.2, 0) is 11.3 Å². The number of hydrogen-bond donors (Lipinski definition) is 1. The Morgan fingerprint density at radius 1 is 1.63 bits per heavy atom. The summed E-state index contributed by atoms with van der Waals surface area (Å²) in [6.07, 6.45) is 1.05. The molecule has 6 heteroatoms. The Labute approximate surface area is 122 Å². The Bertz CT molecular complexity index is 419. The van der Waals surface area contributed by atoms with Crippen LogP contribution in [0, 0.1) is 5.92 Å². The zero-order valence-electron chi connectivity index (χ0n) is 11.0. The first-order chi connectivity index (χ1) is 9.19. The summed E-state index contributed by atoms with van der Waals surface area (Å²) in [4.78, 5) is 15.0. The van der Waals surface area contributed by atoms with Crippen LogP contribution in [0.3, 0.4) is 0 Å². The van der Waals surface area contributed by atoms with E-state index in [0.29, 0.717) is 19.0 Å². The number of halogens is 1. The van der Waals surface area contributed by atoms with Gasteiger partial charge in [-0.25, -0.2) is 4.79 Å². The lowest BCUT2D eigenvalue weighted by molar-refractivity contribution is 0.166. The van der Waals surface area contributed by atoms with Crippen molar-refractivity contribution in [3.8, 4) is 0 Å². The molecule has 1 aliphatic rings. The number of hydrogen-bond acceptors (Lipinski definition) is 3. The quantitative estimate of drug-likeness (QED) is 0.908. The van der Waals surface area contributed by atoms with Crippen molar-refractivity contribution >= 4 is 29.0 Å². The normalized spacial score (nSPS) is 18.5. The third kappa shape index (κ3) is 4.37. The maximum absolute atomic E-state index is 12.1. The van der Waals surface area contributed by atoms with Crippen LogP contribution in [0.1, 0.15) is 18.2 Å². The number of urea groups is 1. The van der Waals surface area contributed by atoms with Gasteiger partial charge in [0, 0.05) is 30.5 Å². The van der Waals surface area contributed by atoms with Gasteiger partial charge < -0.3 is 15.0 Å². The van der Waals surface area contributed by atoms with Crippen LogP contribution in [-0.4, -0.2) is 37.2 Å². The minimum Gasteiger partial charge on any atom is -0.381 e. The molecule has 0 aliphatic carbocycles. The van der Waals surface area contributed by atoms with Gasteiger partial charge in [-0.15, -0.1) is 11.3 Å². The monoisotopic (exact) mass is 302 g/mol. The van der Waals surface area contributed by atoms with Gasteiger partial charge in [-0.3, -0.25) is 0 Å². The number of rotatable bonds is 5. The Kier molecular flexibility index (Phi) is 5.48. The molecule has 0 aromatic carbocycles. The molecular formula is C13H19ClN2O2S. The number of nitrogens with one attached hydrogen (secondary N) is 1. The van der Waals surface area contributed by atoms with Crippen molar-refractivity contribution in [2.24, 2.45) is 5.92 Å². The molecule has 0 saturated carbocycles. The van der Waals surface area contributed by atoms with Gasteiger partial charge in [0.15, 0.2) is 0 Å². The van der Waals surface area contributed by atoms with E-state index in [0.717, 1.165) is 35.4 Å². The third-order valence-corrected chi connectivity index (χ3v) is 4.45. The van der Waals surface area contributed by atoms with Crippen LogP contribution >= 0.6 is 22.9 Å². The second-order valence-electron chi connectivity index (χ2n) is 4.63. The van der Waals surface area contributed by atoms with Crippen molar-refractivity contribution in [2.75, 3.05) is 26.3 Å². The number of ether oxygens (including phenoxy) is 1. The van der Waals surface area contributed by atoms with Gasteiger partial charge >= 0.3 is 6.03 Å². The van der Waals surface area contributed by atoms with E-state index in [4.69, 9.17) is 16.3 Å². The molecule has 0 radical (unpaired) electrons. The van der Waals surface area contributed by atoms with Crippen molar-refractivity contribution in [3.63, 3.8) is 0 Å². The van der Waals surface area contributed by atoms with E-state index < -0.39 is 0 Å². The average molecular weight is 303 g/mol. The summed E-state index contributed by atoms with van der Waals surface area (Å²) >= 11 is 7.35. The zero-order chi connectivity index (χ0) is 13.7. The number of amides is 2. The Morgan fingerprint density at radius 2 is 2.47 bits per heavy atom. The van der Waals surface area contributed by atoms with E-state index in [-0.39, 0.29) is 6.03 Å². The SMILES string of the molecule is CCN(CC1CCOC1)C(=O)NCc1ccc(Cl)s1. The highest BCUT2D eigenvalue weighted by molar-refractivity contribution is 7.16. The smallest absolute Gasteiger partial charge is 0.317 e. The van der Waals surface area contributed by atoms with Gasteiger partial charge in [0.25, 0.3) is 0 Å². The first-order valence-corrected chi connectivity index (χ1v) is 7.73. The molecule has 1 fully saturated rings. The van der Waals surface area contributed by atoms with E-state index in [1.165, 1.54) is 11.3 Å². The van der Waals surface area contributed by atoms with Gasteiger partial charge in [0.2, 0.25) is 0 Å². The summed E-state index contributed by atoms with van der Waals surface area (Å²) < 4.78 is 6.09. The van der Waals surface area contributed by atoms with Gasteiger partial charge in [-0.1, -0.05) is 11.6 Å². The molecular weight excluding hydrogens is 284 g/mol. The highest BCUT2D eigenvalue weighted by atomic mass is 35.5. The molecule has 1 aliphatic heterocycles. The van der Waals surface area contributed by atoms with E-state index in [1.54, 1.807) is 0 Å². The molecule has 1 unspecified atom stereocenters. The zero-order valence-corrected chi connectivity index (χ0v) is 12.6. The lowest BCUT2D eigenvalue weighted by Gasteiger charge is -2.23. The second kappa shape index (κ2) is 7.12. The van der Waals surface area contributed by atoms with Gasteiger partial charge in [-0.05, 0) is 25.5 Å². The van der Waals surface area contributed by atoms with Crippen LogP contribution in [0.4, 0.5) is 4.79 Å². The number of carbonyl (C=O) groups is 1.